The maximum Gasteiger partial charge on any atom is 0.271 e. The number of nitrogens with two attached hydrogens (primary N) is 1. The highest BCUT2D eigenvalue weighted by atomic mass is 16.6. The van der Waals surface area contributed by atoms with E-state index in [1.54, 1.807) is 0 Å². The Bertz CT molecular complexity index is 922. The van der Waals surface area contributed by atoms with Gasteiger partial charge in [-0.15, -0.1) is 0 Å². The van der Waals surface area contributed by atoms with Crippen molar-refractivity contribution in [1.82, 2.24) is 21.0 Å². The van der Waals surface area contributed by atoms with E-state index in [9.17, 15) is 14.9 Å². The summed E-state index contributed by atoms with van der Waals surface area (Å²) in [6.45, 7) is 6.05. The zero-order valence-electron chi connectivity index (χ0n) is 21.2. The molecule has 13 heteroatoms. The molecule has 0 radical (unpaired) electrons. The van der Waals surface area contributed by atoms with Gasteiger partial charge in [0.1, 0.15) is 12.4 Å². The Balaban J connectivity index is 0.000000422. The molecule has 13 nitrogen and oxygen atoms in total. The van der Waals surface area contributed by atoms with Crippen LogP contribution >= 0.6 is 0 Å². The summed E-state index contributed by atoms with van der Waals surface area (Å²) in [6.07, 6.45) is 4.85. The van der Waals surface area contributed by atoms with Crippen molar-refractivity contribution >= 4 is 17.4 Å². The van der Waals surface area contributed by atoms with E-state index < -0.39 is 10.8 Å². The summed E-state index contributed by atoms with van der Waals surface area (Å²) in [6, 6.07) is 8.99. The Hall–Kier alpha value is -3.65. The van der Waals surface area contributed by atoms with E-state index in [4.69, 9.17) is 20.7 Å². The van der Waals surface area contributed by atoms with Crippen LogP contribution in [0.3, 0.4) is 0 Å². The Morgan fingerprint density at radius 3 is 2.05 bits per heavy atom. The molecule has 0 saturated carbocycles. The van der Waals surface area contributed by atoms with Gasteiger partial charge in [0.15, 0.2) is 5.84 Å². The number of nitro groups is 1. The summed E-state index contributed by atoms with van der Waals surface area (Å²) >= 11 is 0. The average molecular weight is 520 g/mol. The highest BCUT2D eigenvalue weighted by Gasteiger charge is 2.07. The zero-order valence-corrected chi connectivity index (χ0v) is 21.2. The van der Waals surface area contributed by atoms with Crippen LogP contribution in [-0.4, -0.2) is 76.9 Å². The highest BCUT2D eigenvalue weighted by molar-refractivity contribution is 5.95. The average Bonchev–Trinajstić information content (AvgIpc) is 2.93. The molecule has 37 heavy (non-hydrogen) atoms. The second-order valence-electron chi connectivity index (χ2n) is 7.80. The number of hydrazone groups is 1. The van der Waals surface area contributed by atoms with Gasteiger partial charge >= 0.3 is 0 Å². The number of hydrogen-bond donors (Lipinski definition) is 6. The number of aliphatic hydroxyl groups is 2. The van der Waals surface area contributed by atoms with Gasteiger partial charge in [0.25, 0.3) is 11.6 Å². The third-order valence-corrected chi connectivity index (χ3v) is 5.10. The van der Waals surface area contributed by atoms with Crippen molar-refractivity contribution in [2.75, 3.05) is 32.9 Å². The molecule has 1 aromatic carbocycles. The number of hydrogen-bond acceptors (Lipinski definition) is 10. The van der Waals surface area contributed by atoms with Crippen LogP contribution < -0.4 is 26.5 Å². The monoisotopic (exact) mass is 519 g/mol. The fourth-order valence-electron chi connectivity index (χ4n) is 2.77. The van der Waals surface area contributed by atoms with Gasteiger partial charge in [-0.25, -0.2) is 5.43 Å². The topological polar surface area (TPSA) is 197 Å². The lowest BCUT2D eigenvalue weighted by molar-refractivity contribution is -0.384. The van der Waals surface area contributed by atoms with Gasteiger partial charge in [-0.1, -0.05) is 13.8 Å². The van der Waals surface area contributed by atoms with E-state index in [2.05, 4.69) is 26.1 Å². The lowest BCUT2D eigenvalue weighted by Crippen LogP contribution is -2.40. The maximum absolute atomic E-state index is 11.7. The predicted molar refractivity (Wildman–Crippen MR) is 140 cm³/mol. The van der Waals surface area contributed by atoms with Crippen molar-refractivity contribution < 1.29 is 24.7 Å². The lowest BCUT2D eigenvalue weighted by atomic mass is 10.2. The molecule has 0 unspecified atom stereocenters. The number of aliphatic hydroxyl groups excluding tert-OH is 2. The van der Waals surface area contributed by atoms with Crippen LogP contribution in [-0.2, 0) is 0 Å². The summed E-state index contributed by atoms with van der Waals surface area (Å²) in [5.74, 6) is 0.0191. The summed E-state index contributed by atoms with van der Waals surface area (Å²) in [7, 11) is 0. The number of amides is 1. The van der Waals surface area contributed by atoms with Crippen LogP contribution in [0.15, 0.2) is 53.9 Å². The molecule has 2 atom stereocenters. The first-order valence-electron chi connectivity index (χ1n) is 11.9. The van der Waals surface area contributed by atoms with Gasteiger partial charge in [0, 0.05) is 55.3 Å². The Labute approximate surface area is 216 Å². The van der Waals surface area contributed by atoms with E-state index >= 15 is 0 Å². The molecule has 7 N–H and O–H groups in total. The number of rotatable bonds is 15. The van der Waals surface area contributed by atoms with E-state index in [1.807, 2.05) is 13.8 Å². The molecule has 1 heterocycles. The van der Waals surface area contributed by atoms with E-state index in [-0.39, 0.29) is 43.4 Å². The molecule has 1 amide bonds. The number of aromatic nitrogens is 1. The number of ether oxygens (including phenoxy) is 1. The number of nitro benzene ring substituents is 1. The fraction of sp³-hybridized carbons (Fsp3) is 0.458. The number of benzene rings is 1. The van der Waals surface area contributed by atoms with Crippen molar-refractivity contribution in [3.05, 3.63) is 64.5 Å². The predicted octanol–water partition coefficient (Wildman–Crippen LogP) is 0.778. The molecule has 2 rings (SSSR count). The molecule has 1 aromatic heterocycles. The molecule has 0 saturated heterocycles. The van der Waals surface area contributed by atoms with Crippen LogP contribution in [0.4, 0.5) is 5.69 Å². The van der Waals surface area contributed by atoms with E-state index in [1.165, 1.54) is 48.8 Å². The number of amidine groups is 1. The van der Waals surface area contributed by atoms with E-state index in [0.29, 0.717) is 11.3 Å². The van der Waals surface area contributed by atoms with Gasteiger partial charge < -0.3 is 31.3 Å². The number of nitrogens with zero attached hydrogens (tertiary/aromatic N) is 3. The Kier molecular flexibility index (Phi) is 15.8. The second kappa shape index (κ2) is 18.6. The lowest BCUT2D eigenvalue weighted by Gasteiger charge is -2.17. The van der Waals surface area contributed by atoms with Gasteiger partial charge in [0.2, 0.25) is 0 Å². The molecule has 0 aliphatic heterocycles. The first kappa shape index (κ1) is 31.4. The standard InChI is InChI=1S/C14H13N5O4.C10H24N2O2/c15-13(17-18-14(20)10-5-7-16-8-6-10)9-23-12-3-1-11(2-4-12)19(21)22;1-3-9(7-13)11-5-6-12-10(4-2)8-14/h1-8H,9H2,(H2,15,17)(H,18,20);9-14H,3-8H2,1-2H3/t;9-,10-/m.0/s1. The minimum absolute atomic E-state index is 0.0383. The molecular weight excluding hydrogens is 482 g/mol. The van der Waals surface area contributed by atoms with Crippen molar-refractivity contribution in [3.8, 4) is 5.75 Å². The van der Waals surface area contributed by atoms with Crippen molar-refractivity contribution in [3.63, 3.8) is 0 Å². The summed E-state index contributed by atoms with van der Waals surface area (Å²) in [4.78, 5) is 25.5. The summed E-state index contributed by atoms with van der Waals surface area (Å²) < 4.78 is 5.30. The molecule has 0 spiro atoms. The number of nitrogens with one attached hydrogen (secondary N) is 3. The largest absolute Gasteiger partial charge is 0.486 e. The first-order chi connectivity index (χ1) is 17.8. The molecule has 0 aliphatic carbocycles. The summed E-state index contributed by atoms with van der Waals surface area (Å²) in [5, 5.41) is 38.5. The number of carbonyl (C=O) groups is 1. The quantitative estimate of drug-likeness (QED) is 0.0643. The molecule has 0 aliphatic rings. The van der Waals surface area contributed by atoms with Crippen molar-refractivity contribution in [2.45, 2.75) is 38.8 Å². The van der Waals surface area contributed by atoms with Crippen LogP contribution in [0.2, 0.25) is 0 Å². The van der Waals surface area contributed by atoms with Crippen LogP contribution in [0, 0.1) is 10.1 Å². The third kappa shape index (κ3) is 13.3. The number of carbonyl (C=O) groups excluding carboxylic acids is 1. The van der Waals surface area contributed by atoms with Gasteiger partial charge in [-0.3, -0.25) is 19.9 Å². The van der Waals surface area contributed by atoms with E-state index in [0.717, 1.165) is 25.9 Å². The van der Waals surface area contributed by atoms with Crippen molar-refractivity contribution in [2.24, 2.45) is 10.8 Å². The third-order valence-electron chi connectivity index (χ3n) is 5.10. The molecule has 204 valence electrons. The fourth-order valence-corrected chi connectivity index (χ4v) is 2.77. The van der Waals surface area contributed by atoms with Crippen LogP contribution in [0.5, 0.6) is 5.75 Å². The number of non-ortho nitro benzene ring substituents is 1. The Morgan fingerprint density at radius 1 is 1.05 bits per heavy atom. The van der Waals surface area contributed by atoms with Crippen LogP contribution in [0.25, 0.3) is 0 Å². The minimum atomic E-state index is -0.506. The first-order valence-corrected chi connectivity index (χ1v) is 11.9. The minimum Gasteiger partial charge on any atom is -0.486 e. The summed E-state index contributed by atoms with van der Waals surface area (Å²) in [5.41, 5.74) is 8.26. The normalized spacial score (nSPS) is 12.6. The highest BCUT2D eigenvalue weighted by Crippen LogP contribution is 2.17. The maximum atomic E-state index is 11.7. The SMILES string of the molecule is CC[C@@H](CO)NCCN[C@@H](CC)CO.N/C(COc1ccc([N+](=O)[O-])cc1)=N/NC(=O)c1ccncc1. The molecular formula is C24H37N7O6. The molecule has 0 fully saturated rings. The molecule has 2 aromatic rings. The van der Waals surface area contributed by atoms with Crippen LogP contribution in [0.1, 0.15) is 37.0 Å². The smallest absolute Gasteiger partial charge is 0.271 e. The van der Waals surface area contributed by atoms with Gasteiger partial charge in [-0.2, -0.15) is 5.10 Å². The van der Waals surface area contributed by atoms with Gasteiger partial charge in [0.05, 0.1) is 18.1 Å². The number of pyridine rings is 1. The van der Waals surface area contributed by atoms with Crippen molar-refractivity contribution in [1.29, 1.82) is 0 Å². The molecule has 0 bridgehead atoms. The zero-order chi connectivity index (χ0) is 27.5. The second-order valence-corrected chi connectivity index (χ2v) is 7.80. The Morgan fingerprint density at radius 2 is 1.59 bits per heavy atom. The van der Waals surface area contributed by atoms with Gasteiger partial charge in [-0.05, 0) is 37.1 Å².